The van der Waals surface area contributed by atoms with E-state index in [-0.39, 0.29) is 5.75 Å². The van der Waals surface area contributed by atoms with E-state index in [1.165, 1.54) is 24.8 Å². The maximum absolute atomic E-state index is 11.0. The molecule has 1 rings (SSSR count). The summed E-state index contributed by atoms with van der Waals surface area (Å²) in [7, 11) is 0. The zero-order valence-electron chi connectivity index (χ0n) is 10.0. The van der Waals surface area contributed by atoms with E-state index >= 15 is 0 Å². The second-order valence-corrected chi connectivity index (χ2v) is 5.15. The highest BCUT2D eigenvalue weighted by Crippen LogP contribution is 2.25. The summed E-state index contributed by atoms with van der Waals surface area (Å²) < 4.78 is 0. The molecule has 0 aliphatic rings. The fourth-order valence-electron chi connectivity index (χ4n) is 1.31. The van der Waals surface area contributed by atoms with Crippen molar-refractivity contribution in [1.82, 2.24) is 5.32 Å². The summed E-state index contributed by atoms with van der Waals surface area (Å²) in [6, 6.07) is 5.78. The monoisotopic (exact) mass is 298 g/mol. The molecule has 1 aromatic carbocycles. The Balaban J connectivity index is 2.77. The van der Waals surface area contributed by atoms with Gasteiger partial charge in [-0.15, -0.1) is 11.8 Å². The molecule has 1 aromatic rings. The van der Waals surface area contributed by atoms with Gasteiger partial charge in [0.1, 0.15) is 12.1 Å². The molecule has 0 aliphatic carbocycles. The summed E-state index contributed by atoms with van der Waals surface area (Å²) in [5.74, 6) is -1.40. The van der Waals surface area contributed by atoms with E-state index in [0.717, 1.165) is 0 Å². The van der Waals surface area contributed by atoms with Crippen molar-refractivity contribution in [1.29, 1.82) is 5.26 Å². The SMILES string of the molecule is CC(=O)N[C@@H](CSc1ccc(Cl)cc1C#N)C(=O)O. The van der Waals surface area contributed by atoms with Gasteiger partial charge in [0, 0.05) is 22.6 Å². The van der Waals surface area contributed by atoms with Crippen molar-refractivity contribution in [3.63, 3.8) is 0 Å². The lowest BCUT2D eigenvalue weighted by Gasteiger charge is -2.13. The smallest absolute Gasteiger partial charge is 0.327 e. The molecule has 0 heterocycles. The van der Waals surface area contributed by atoms with E-state index in [4.69, 9.17) is 22.0 Å². The fraction of sp³-hybridized carbons (Fsp3) is 0.250. The Kier molecular flexibility index (Phi) is 5.67. The normalized spacial score (nSPS) is 11.4. The summed E-state index contributed by atoms with van der Waals surface area (Å²) >= 11 is 6.95. The molecule has 1 amide bonds. The minimum atomic E-state index is -1.12. The standard InChI is InChI=1S/C12H11ClN2O3S/c1-7(16)15-10(12(17)18)6-19-11-3-2-9(13)4-8(11)5-14/h2-4,10H,6H2,1H3,(H,15,16)(H,17,18)/t10-/m0/s1. The summed E-state index contributed by atoms with van der Waals surface area (Å²) in [5, 5.41) is 20.7. The number of halogens is 1. The van der Waals surface area contributed by atoms with Crippen LogP contribution in [0.3, 0.4) is 0 Å². The fourth-order valence-corrected chi connectivity index (χ4v) is 2.48. The summed E-state index contributed by atoms with van der Waals surface area (Å²) in [4.78, 5) is 22.5. The number of hydrogen-bond acceptors (Lipinski definition) is 4. The van der Waals surface area contributed by atoms with Crippen LogP contribution in [0.5, 0.6) is 0 Å². The van der Waals surface area contributed by atoms with Crippen molar-refractivity contribution in [3.8, 4) is 6.07 Å². The lowest BCUT2D eigenvalue weighted by atomic mass is 10.2. The van der Waals surface area contributed by atoms with Gasteiger partial charge in [0.25, 0.3) is 0 Å². The predicted octanol–water partition coefficient (Wildman–Crippen LogP) is 1.89. The first-order chi connectivity index (χ1) is 8.93. The summed E-state index contributed by atoms with van der Waals surface area (Å²) in [6.07, 6.45) is 0. The third kappa shape index (κ3) is 4.81. The van der Waals surface area contributed by atoms with E-state index in [2.05, 4.69) is 5.32 Å². The van der Waals surface area contributed by atoms with Crippen LogP contribution in [0.1, 0.15) is 12.5 Å². The highest BCUT2D eigenvalue weighted by molar-refractivity contribution is 7.99. The van der Waals surface area contributed by atoms with Gasteiger partial charge >= 0.3 is 5.97 Å². The molecule has 0 saturated carbocycles. The number of nitrogens with zero attached hydrogens (tertiary/aromatic N) is 1. The number of carboxylic acid groups (broad SMARTS) is 1. The Bertz CT molecular complexity index is 542. The molecule has 7 heteroatoms. The van der Waals surface area contributed by atoms with Crippen LogP contribution in [0.25, 0.3) is 0 Å². The van der Waals surface area contributed by atoms with Gasteiger partial charge in [0.15, 0.2) is 0 Å². The average Bonchev–Trinajstić information content (AvgIpc) is 2.34. The second-order valence-electron chi connectivity index (χ2n) is 3.65. The molecule has 0 aromatic heterocycles. The van der Waals surface area contributed by atoms with Crippen molar-refractivity contribution < 1.29 is 14.7 Å². The quantitative estimate of drug-likeness (QED) is 0.810. The van der Waals surface area contributed by atoms with Crippen LogP contribution < -0.4 is 5.32 Å². The van der Waals surface area contributed by atoms with E-state index in [9.17, 15) is 9.59 Å². The van der Waals surface area contributed by atoms with Gasteiger partial charge in [-0.25, -0.2) is 4.79 Å². The number of hydrogen-bond donors (Lipinski definition) is 2. The van der Waals surface area contributed by atoms with E-state index in [0.29, 0.717) is 15.5 Å². The molecule has 0 bridgehead atoms. The van der Waals surface area contributed by atoms with Gasteiger partial charge < -0.3 is 10.4 Å². The lowest BCUT2D eigenvalue weighted by molar-refractivity contribution is -0.140. The molecule has 0 unspecified atom stereocenters. The zero-order chi connectivity index (χ0) is 14.4. The number of nitriles is 1. The number of thioether (sulfide) groups is 1. The van der Waals surface area contributed by atoms with Gasteiger partial charge in [-0.1, -0.05) is 11.6 Å². The number of carbonyl (C=O) groups excluding carboxylic acids is 1. The molecule has 0 radical (unpaired) electrons. The molecule has 1 atom stereocenters. The number of benzene rings is 1. The minimum Gasteiger partial charge on any atom is -0.480 e. The molecule has 5 nitrogen and oxygen atoms in total. The first-order valence-electron chi connectivity index (χ1n) is 5.26. The van der Waals surface area contributed by atoms with Gasteiger partial charge in [0.05, 0.1) is 5.56 Å². The Morgan fingerprint density at radius 3 is 2.79 bits per heavy atom. The lowest BCUT2D eigenvalue weighted by Crippen LogP contribution is -2.41. The minimum absolute atomic E-state index is 0.130. The van der Waals surface area contributed by atoms with Gasteiger partial charge in [0.2, 0.25) is 5.91 Å². The first kappa shape index (κ1) is 15.3. The summed E-state index contributed by atoms with van der Waals surface area (Å²) in [6.45, 7) is 1.25. The van der Waals surface area contributed by atoms with Crippen LogP contribution in [-0.4, -0.2) is 28.8 Å². The maximum atomic E-state index is 11.0. The second kappa shape index (κ2) is 7.02. The van der Waals surface area contributed by atoms with E-state index < -0.39 is 17.9 Å². The number of nitrogens with one attached hydrogen (secondary N) is 1. The van der Waals surface area contributed by atoms with Crippen molar-refractivity contribution in [2.24, 2.45) is 0 Å². The number of rotatable bonds is 5. The highest BCUT2D eigenvalue weighted by atomic mass is 35.5. The first-order valence-corrected chi connectivity index (χ1v) is 6.62. The Morgan fingerprint density at radius 1 is 1.58 bits per heavy atom. The van der Waals surface area contributed by atoms with Crippen LogP contribution in [0.15, 0.2) is 23.1 Å². The molecule has 0 fully saturated rings. The average molecular weight is 299 g/mol. The topological polar surface area (TPSA) is 90.2 Å². The zero-order valence-corrected chi connectivity index (χ0v) is 11.6. The van der Waals surface area contributed by atoms with Crippen molar-refractivity contribution in [2.75, 3.05) is 5.75 Å². The molecule has 0 saturated heterocycles. The predicted molar refractivity (Wildman–Crippen MR) is 72.1 cm³/mol. The Labute approximate surface area is 119 Å². The highest BCUT2D eigenvalue weighted by Gasteiger charge is 2.19. The molecular weight excluding hydrogens is 288 g/mol. The number of carbonyl (C=O) groups is 2. The largest absolute Gasteiger partial charge is 0.480 e. The van der Waals surface area contributed by atoms with Gasteiger partial charge in [-0.05, 0) is 18.2 Å². The number of aliphatic carboxylic acids is 1. The number of carboxylic acids is 1. The van der Waals surface area contributed by atoms with Crippen LogP contribution in [0.4, 0.5) is 0 Å². The van der Waals surface area contributed by atoms with Crippen molar-refractivity contribution in [3.05, 3.63) is 28.8 Å². The third-order valence-electron chi connectivity index (χ3n) is 2.14. The maximum Gasteiger partial charge on any atom is 0.327 e. The van der Waals surface area contributed by atoms with Gasteiger partial charge in [-0.2, -0.15) is 5.26 Å². The van der Waals surface area contributed by atoms with Crippen LogP contribution in [0.2, 0.25) is 5.02 Å². The van der Waals surface area contributed by atoms with E-state index in [1.54, 1.807) is 12.1 Å². The third-order valence-corrected chi connectivity index (χ3v) is 3.55. The van der Waals surface area contributed by atoms with E-state index in [1.807, 2.05) is 6.07 Å². The van der Waals surface area contributed by atoms with Crippen molar-refractivity contribution in [2.45, 2.75) is 17.9 Å². The van der Waals surface area contributed by atoms with Crippen LogP contribution >= 0.6 is 23.4 Å². The van der Waals surface area contributed by atoms with Crippen molar-refractivity contribution >= 4 is 35.2 Å². The van der Waals surface area contributed by atoms with Crippen LogP contribution in [0, 0.1) is 11.3 Å². The van der Waals surface area contributed by atoms with Gasteiger partial charge in [-0.3, -0.25) is 4.79 Å². The molecule has 19 heavy (non-hydrogen) atoms. The molecular formula is C12H11ClN2O3S. The number of amides is 1. The molecule has 0 aliphatic heterocycles. The molecule has 2 N–H and O–H groups in total. The van der Waals surface area contributed by atoms with Crippen LogP contribution in [-0.2, 0) is 9.59 Å². The summed E-state index contributed by atoms with van der Waals surface area (Å²) in [5.41, 5.74) is 0.379. The molecule has 0 spiro atoms. The Morgan fingerprint density at radius 2 is 2.26 bits per heavy atom. The Hall–Kier alpha value is -1.71. The molecule has 100 valence electrons.